The molecule has 5 nitrogen and oxygen atoms in total. The van der Waals surface area contributed by atoms with E-state index >= 15 is 0 Å². The molecule has 0 N–H and O–H groups in total. The molecule has 0 aromatic carbocycles. The SMILES string of the molecule is Clc1cc(-n2cccn2)c2nccn2n1. The van der Waals surface area contributed by atoms with E-state index in [1.165, 1.54) is 0 Å². The molecular formula is C9H6ClN5. The van der Waals surface area contributed by atoms with Crippen molar-refractivity contribution in [2.24, 2.45) is 0 Å². The Balaban J connectivity index is 2.38. The lowest BCUT2D eigenvalue weighted by Gasteiger charge is -2.03. The first-order chi connectivity index (χ1) is 7.34. The molecule has 15 heavy (non-hydrogen) atoms. The topological polar surface area (TPSA) is 48.0 Å². The van der Waals surface area contributed by atoms with Gasteiger partial charge >= 0.3 is 0 Å². The van der Waals surface area contributed by atoms with E-state index in [0.717, 1.165) is 11.3 Å². The van der Waals surface area contributed by atoms with Crippen LogP contribution in [-0.4, -0.2) is 24.4 Å². The van der Waals surface area contributed by atoms with Gasteiger partial charge in [0.05, 0.1) is 0 Å². The number of imidazole rings is 1. The quantitative estimate of drug-likeness (QED) is 0.624. The van der Waals surface area contributed by atoms with Crippen molar-refractivity contribution in [2.45, 2.75) is 0 Å². The first-order valence-electron chi connectivity index (χ1n) is 4.34. The fraction of sp³-hybridized carbons (Fsp3) is 0. The fourth-order valence-electron chi connectivity index (χ4n) is 1.45. The maximum Gasteiger partial charge on any atom is 0.179 e. The second-order valence-corrected chi connectivity index (χ2v) is 3.39. The first kappa shape index (κ1) is 8.43. The lowest BCUT2D eigenvalue weighted by Crippen LogP contribution is -2.01. The lowest BCUT2D eigenvalue weighted by molar-refractivity contribution is 0.852. The van der Waals surface area contributed by atoms with Crippen LogP contribution >= 0.6 is 11.6 Å². The third-order valence-corrected chi connectivity index (χ3v) is 2.25. The predicted octanol–water partition coefficient (Wildman–Crippen LogP) is 1.57. The molecule has 3 aromatic heterocycles. The minimum atomic E-state index is 0.408. The van der Waals surface area contributed by atoms with Gasteiger partial charge in [0.25, 0.3) is 0 Å². The van der Waals surface area contributed by atoms with Crippen LogP contribution in [0, 0.1) is 0 Å². The smallest absolute Gasteiger partial charge is 0.179 e. The molecule has 0 aliphatic rings. The molecule has 3 rings (SSSR count). The van der Waals surface area contributed by atoms with E-state index in [2.05, 4.69) is 15.2 Å². The molecule has 0 bridgehead atoms. The van der Waals surface area contributed by atoms with Crippen molar-refractivity contribution in [3.63, 3.8) is 0 Å². The van der Waals surface area contributed by atoms with E-state index in [1.54, 1.807) is 33.9 Å². The summed E-state index contributed by atoms with van der Waals surface area (Å²) >= 11 is 5.90. The summed E-state index contributed by atoms with van der Waals surface area (Å²) in [7, 11) is 0. The molecule has 6 heteroatoms. The van der Waals surface area contributed by atoms with Crippen LogP contribution in [0.3, 0.4) is 0 Å². The molecular weight excluding hydrogens is 214 g/mol. The summed E-state index contributed by atoms with van der Waals surface area (Å²) in [5.41, 5.74) is 1.54. The summed E-state index contributed by atoms with van der Waals surface area (Å²) in [5, 5.41) is 8.63. The van der Waals surface area contributed by atoms with Gasteiger partial charge in [-0.25, -0.2) is 14.2 Å². The highest BCUT2D eigenvalue weighted by atomic mass is 35.5. The van der Waals surface area contributed by atoms with Crippen LogP contribution in [0.1, 0.15) is 0 Å². The van der Waals surface area contributed by atoms with Crippen LogP contribution in [0.5, 0.6) is 0 Å². The second-order valence-electron chi connectivity index (χ2n) is 3.00. The van der Waals surface area contributed by atoms with Crippen molar-refractivity contribution in [1.82, 2.24) is 24.4 Å². The van der Waals surface area contributed by atoms with E-state index in [9.17, 15) is 0 Å². The van der Waals surface area contributed by atoms with Crippen LogP contribution in [0.2, 0.25) is 5.15 Å². The van der Waals surface area contributed by atoms with Crippen LogP contribution < -0.4 is 0 Å². The van der Waals surface area contributed by atoms with Crippen molar-refractivity contribution < 1.29 is 0 Å². The Morgan fingerprint density at radius 3 is 2.93 bits per heavy atom. The van der Waals surface area contributed by atoms with Crippen molar-refractivity contribution in [3.8, 4) is 5.69 Å². The van der Waals surface area contributed by atoms with E-state index in [-0.39, 0.29) is 0 Å². The Hall–Kier alpha value is -1.88. The van der Waals surface area contributed by atoms with Crippen LogP contribution in [0.25, 0.3) is 11.3 Å². The summed E-state index contributed by atoms with van der Waals surface area (Å²) in [5.74, 6) is 0. The number of halogens is 1. The number of hydrogen-bond acceptors (Lipinski definition) is 3. The van der Waals surface area contributed by atoms with E-state index in [1.807, 2.05) is 12.3 Å². The predicted molar refractivity (Wildman–Crippen MR) is 55.1 cm³/mol. The zero-order valence-electron chi connectivity index (χ0n) is 7.58. The summed E-state index contributed by atoms with van der Waals surface area (Å²) in [6.45, 7) is 0. The highest BCUT2D eigenvalue weighted by Gasteiger charge is 2.07. The molecule has 0 atom stereocenters. The average molecular weight is 220 g/mol. The van der Waals surface area contributed by atoms with Gasteiger partial charge in [0.15, 0.2) is 10.8 Å². The van der Waals surface area contributed by atoms with Gasteiger partial charge < -0.3 is 0 Å². The number of rotatable bonds is 1. The van der Waals surface area contributed by atoms with Gasteiger partial charge in [-0.05, 0) is 6.07 Å². The first-order valence-corrected chi connectivity index (χ1v) is 4.72. The molecule has 0 aliphatic carbocycles. The minimum absolute atomic E-state index is 0.408. The maximum atomic E-state index is 5.90. The Morgan fingerprint density at radius 2 is 2.13 bits per heavy atom. The molecule has 3 heterocycles. The highest BCUT2D eigenvalue weighted by molar-refractivity contribution is 6.29. The summed E-state index contributed by atoms with van der Waals surface area (Å²) in [4.78, 5) is 4.20. The average Bonchev–Trinajstić information content (AvgIpc) is 2.86. The zero-order valence-corrected chi connectivity index (χ0v) is 8.33. The largest absolute Gasteiger partial charge is 0.237 e. The number of nitrogens with zero attached hydrogens (tertiary/aromatic N) is 5. The maximum absolute atomic E-state index is 5.90. The molecule has 0 radical (unpaired) electrons. The summed E-state index contributed by atoms with van der Waals surface area (Å²) < 4.78 is 3.33. The van der Waals surface area contributed by atoms with Gasteiger partial charge in [-0.15, -0.1) is 0 Å². The van der Waals surface area contributed by atoms with E-state index in [0.29, 0.717) is 5.15 Å². The normalized spacial score (nSPS) is 11.0. The Morgan fingerprint density at radius 1 is 1.20 bits per heavy atom. The van der Waals surface area contributed by atoms with Crippen molar-refractivity contribution in [3.05, 3.63) is 42.1 Å². The molecule has 0 unspecified atom stereocenters. The van der Waals surface area contributed by atoms with Crippen molar-refractivity contribution >= 4 is 17.2 Å². The van der Waals surface area contributed by atoms with Crippen LogP contribution in [-0.2, 0) is 0 Å². The van der Waals surface area contributed by atoms with Gasteiger partial charge in [0, 0.05) is 30.9 Å². The van der Waals surface area contributed by atoms with Crippen LogP contribution in [0.4, 0.5) is 0 Å². The monoisotopic (exact) mass is 219 g/mol. The standard InChI is InChI=1S/C9H6ClN5/c10-8-6-7(14-4-1-2-12-14)9-11-3-5-15(9)13-8/h1-6H. The molecule has 0 spiro atoms. The van der Waals surface area contributed by atoms with Gasteiger partial charge in [-0.3, -0.25) is 0 Å². The minimum Gasteiger partial charge on any atom is -0.237 e. The molecule has 0 aliphatic heterocycles. The Labute approximate surface area is 89.9 Å². The molecule has 74 valence electrons. The zero-order chi connectivity index (χ0) is 10.3. The number of fused-ring (bicyclic) bond motifs is 1. The third kappa shape index (κ3) is 1.28. The summed E-state index contributed by atoms with van der Waals surface area (Å²) in [6.07, 6.45) is 6.95. The van der Waals surface area contributed by atoms with Gasteiger partial charge in [-0.2, -0.15) is 10.2 Å². The highest BCUT2D eigenvalue weighted by Crippen LogP contribution is 2.16. The molecule has 0 fully saturated rings. The molecule has 0 saturated carbocycles. The Bertz CT molecular complexity index is 598. The van der Waals surface area contributed by atoms with Crippen molar-refractivity contribution in [2.75, 3.05) is 0 Å². The van der Waals surface area contributed by atoms with Gasteiger partial charge in [-0.1, -0.05) is 11.6 Å². The number of hydrogen-bond donors (Lipinski definition) is 0. The Kier molecular flexibility index (Phi) is 1.72. The van der Waals surface area contributed by atoms with E-state index < -0.39 is 0 Å². The van der Waals surface area contributed by atoms with Gasteiger partial charge in [0.1, 0.15) is 5.69 Å². The third-order valence-electron chi connectivity index (χ3n) is 2.06. The van der Waals surface area contributed by atoms with Crippen LogP contribution in [0.15, 0.2) is 36.9 Å². The molecule has 0 saturated heterocycles. The summed E-state index contributed by atoms with van der Waals surface area (Å²) in [6, 6.07) is 3.57. The molecule has 3 aromatic rings. The second kappa shape index (κ2) is 3.06. The van der Waals surface area contributed by atoms with Crippen molar-refractivity contribution in [1.29, 1.82) is 0 Å². The number of aromatic nitrogens is 5. The molecule has 0 amide bonds. The van der Waals surface area contributed by atoms with Gasteiger partial charge in [0.2, 0.25) is 0 Å². The fourth-order valence-corrected chi connectivity index (χ4v) is 1.63. The van der Waals surface area contributed by atoms with E-state index in [4.69, 9.17) is 11.6 Å². The lowest BCUT2D eigenvalue weighted by atomic mass is 10.4.